The molecule has 0 nitrogen and oxygen atoms in total. The van der Waals surface area contributed by atoms with E-state index in [0.717, 1.165) is 0 Å². The van der Waals surface area contributed by atoms with Gasteiger partial charge in [0.1, 0.15) is 0 Å². The Labute approximate surface area is 200 Å². The Kier molecular flexibility index (Phi) is 10.6. The first-order valence-electron chi connectivity index (χ1n) is 9.70. The van der Waals surface area contributed by atoms with E-state index in [1.165, 1.54) is 0 Å². The van der Waals surface area contributed by atoms with Gasteiger partial charge < -0.3 is 0 Å². The van der Waals surface area contributed by atoms with Crippen LogP contribution in [-0.2, 0) is 0 Å². The molecule has 0 aliphatic heterocycles. The highest BCUT2D eigenvalue weighted by atomic mass is 19.4. The summed E-state index contributed by atoms with van der Waals surface area (Å²) in [5.74, 6) is -22.4. The predicted molar refractivity (Wildman–Crippen MR) is 87.8 cm³/mol. The van der Waals surface area contributed by atoms with E-state index < -0.39 is 98.3 Å². The number of halogens is 20. The monoisotopic (exact) mass is 612 g/mol. The molecule has 0 aromatic heterocycles. The average molecular weight is 612 g/mol. The minimum absolute atomic E-state index is 0.138. The third-order valence-corrected chi connectivity index (χ3v) is 5.20. The summed E-state index contributed by atoms with van der Waals surface area (Å²) in [4.78, 5) is 0. The highest BCUT2D eigenvalue weighted by Gasteiger charge is 2.75. The maximum Gasteiger partial charge on any atom is 0.431 e. The van der Waals surface area contributed by atoms with Gasteiger partial charge in [-0.2, -0.15) is 65.9 Å². The molecule has 0 rings (SSSR count). The van der Waals surface area contributed by atoms with Crippen LogP contribution in [-0.4, -0.2) is 48.4 Å². The van der Waals surface area contributed by atoms with Crippen molar-refractivity contribution in [2.75, 3.05) is 0 Å². The fourth-order valence-electron chi connectivity index (χ4n) is 3.30. The highest BCUT2D eigenvalue weighted by Crippen LogP contribution is 2.54. The first-order chi connectivity index (χ1) is 16.3. The Morgan fingerprint density at radius 2 is 0.868 bits per heavy atom. The molecule has 0 bridgehead atoms. The Morgan fingerprint density at radius 1 is 0.474 bits per heavy atom. The fraction of sp³-hybridized carbons (Fsp3) is 0.889. The molecule has 38 heavy (non-hydrogen) atoms. The summed E-state index contributed by atoms with van der Waals surface area (Å²) in [5, 5.41) is 0. The molecule has 0 aliphatic rings. The van der Waals surface area contributed by atoms with E-state index >= 15 is 0 Å². The van der Waals surface area contributed by atoms with Gasteiger partial charge in [0.05, 0.1) is 30.6 Å². The van der Waals surface area contributed by atoms with Crippen LogP contribution in [0.15, 0.2) is 12.7 Å². The fourth-order valence-corrected chi connectivity index (χ4v) is 3.30. The molecule has 0 N–H and O–H groups in total. The van der Waals surface area contributed by atoms with E-state index in [2.05, 4.69) is 6.58 Å². The minimum Gasteiger partial charge on any atom is -0.223 e. The molecule has 0 aromatic rings. The molecule has 3 unspecified atom stereocenters. The topological polar surface area (TPSA) is 0 Å². The van der Waals surface area contributed by atoms with Crippen LogP contribution < -0.4 is 0 Å². The van der Waals surface area contributed by atoms with Crippen LogP contribution >= 0.6 is 0 Å². The van der Waals surface area contributed by atoms with Crippen molar-refractivity contribution in [3.63, 3.8) is 0 Å². The van der Waals surface area contributed by atoms with Crippen molar-refractivity contribution < 1.29 is 87.8 Å². The van der Waals surface area contributed by atoms with Crippen molar-refractivity contribution in [1.29, 1.82) is 0 Å². The lowest BCUT2D eigenvalue weighted by Gasteiger charge is -2.35. The smallest absolute Gasteiger partial charge is 0.223 e. The lowest BCUT2D eigenvalue weighted by Crippen LogP contribution is -2.56. The molecular formula is C18H16F20. The van der Waals surface area contributed by atoms with E-state index in [1.807, 2.05) is 0 Å². The van der Waals surface area contributed by atoms with Gasteiger partial charge in [-0.15, -0.1) is 6.58 Å². The molecule has 20 heteroatoms. The molecule has 3 atom stereocenters. The molecule has 0 aliphatic carbocycles. The van der Waals surface area contributed by atoms with Crippen molar-refractivity contribution in [3.05, 3.63) is 12.7 Å². The molecule has 0 heterocycles. The van der Waals surface area contributed by atoms with E-state index in [9.17, 15) is 87.8 Å². The molecule has 0 saturated heterocycles. The van der Waals surface area contributed by atoms with Crippen LogP contribution in [0, 0.1) is 17.8 Å². The lowest BCUT2D eigenvalue weighted by molar-refractivity contribution is -0.356. The maximum absolute atomic E-state index is 14.0. The lowest BCUT2D eigenvalue weighted by atomic mass is 9.82. The summed E-state index contributed by atoms with van der Waals surface area (Å²) < 4.78 is 261. The number of alkyl halides is 20. The number of hydrogen-bond donors (Lipinski definition) is 0. The quantitative estimate of drug-likeness (QED) is 0.161. The average Bonchev–Trinajstić information content (AvgIpc) is 2.57. The Bertz CT molecular complexity index is 747. The highest BCUT2D eigenvalue weighted by molar-refractivity contribution is 4.99. The van der Waals surface area contributed by atoms with E-state index in [-0.39, 0.29) is 6.08 Å². The summed E-state index contributed by atoms with van der Waals surface area (Å²) in [6.45, 7) is 2.55. The normalized spacial score (nSPS) is 17.8. The van der Waals surface area contributed by atoms with Crippen LogP contribution in [0.4, 0.5) is 87.8 Å². The van der Waals surface area contributed by atoms with E-state index in [1.54, 1.807) is 0 Å². The van der Waals surface area contributed by atoms with Crippen molar-refractivity contribution in [2.45, 2.75) is 80.5 Å². The third-order valence-electron chi connectivity index (χ3n) is 5.20. The number of hydrogen-bond acceptors (Lipinski definition) is 0. The zero-order valence-electron chi connectivity index (χ0n) is 18.1. The summed E-state index contributed by atoms with van der Waals surface area (Å²) >= 11 is 0. The second-order valence-corrected chi connectivity index (χ2v) is 8.40. The predicted octanol–water partition coefficient (Wildman–Crippen LogP) is 9.76. The summed E-state index contributed by atoms with van der Waals surface area (Å²) in [6, 6.07) is 0. The SMILES string of the molecule is C=CC(CC(CC(CC(F)(F)CC(F)(F)CC(F)(C(F)(F)F)C(F)(F)F)C(F)(F)F)C(F)(F)F)C(F)(F)F. The van der Waals surface area contributed by atoms with Crippen molar-refractivity contribution >= 4 is 0 Å². The molecule has 0 fully saturated rings. The molecular weight excluding hydrogens is 596 g/mol. The van der Waals surface area contributed by atoms with Gasteiger partial charge in [0.25, 0.3) is 11.8 Å². The Balaban J connectivity index is 6.12. The van der Waals surface area contributed by atoms with Crippen molar-refractivity contribution in [1.82, 2.24) is 0 Å². The van der Waals surface area contributed by atoms with Crippen LogP contribution in [0.5, 0.6) is 0 Å². The summed E-state index contributed by atoms with van der Waals surface area (Å²) in [7, 11) is 0. The molecule has 0 spiro atoms. The third kappa shape index (κ3) is 10.1. The second-order valence-electron chi connectivity index (χ2n) is 8.40. The van der Waals surface area contributed by atoms with Gasteiger partial charge in [-0.1, -0.05) is 6.08 Å². The van der Waals surface area contributed by atoms with Crippen molar-refractivity contribution in [2.24, 2.45) is 17.8 Å². The van der Waals surface area contributed by atoms with Gasteiger partial charge in [-0.05, 0) is 12.8 Å². The molecule has 0 amide bonds. The van der Waals surface area contributed by atoms with Gasteiger partial charge in [0.2, 0.25) is 0 Å². The number of allylic oxidation sites excluding steroid dienone is 1. The first-order valence-corrected chi connectivity index (χ1v) is 9.70. The van der Waals surface area contributed by atoms with E-state index in [4.69, 9.17) is 0 Å². The van der Waals surface area contributed by atoms with Crippen LogP contribution in [0.2, 0.25) is 0 Å². The number of rotatable bonds is 11. The maximum atomic E-state index is 14.0. The van der Waals surface area contributed by atoms with Crippen LogP contribution in [0.25, 0.3) is 0 Å². The van der Waals surface area contributed by atoms with E-state index in [0.29, 0.717) is 0 Å². The van der Waals surface area contributed by atoms with Crippen molar-refractivity contribution in [3.8, 4) is 0 Å². The van der Waals surface area contributed by atoms with Gasteiger partial charge in [-0.25, -0.2) is 22.0 Å². The van der Waals surface area contributed by atoms with Crippen LogP contribution in [0.3, 0.4) is 0 Å². The van der Waals surface area contributed by atoms with Gasteiger partial charge in [0, 0.05) is 6.42 Å². The minimum atomic E-state index is -7.15. The standard InChI is InChI=1S/C18H16F20/c1-2-8(14(24,25)26)3-9(15(27,28)29)4-10(16(30,31)32)5-11(19,20)6-12(21,22)7-13(23,17(33,34)35)18(36,37)38/h2,8-10H,1,3-7H2. The molecule has 0 aromatic carbocycles. The van der Waals surface area contributed by atoms with Gasteiger partial charge in [-0.3, -0.25) is 0 Å². The van der Waals surface area contributed by atoms with Crippen LogP contribution in [0.1, 0.15) is 32.1 Å². The summed E-state index contributed by atoms with van der Waals surface area (Å²) in [5.41, 5.74) is -6.80. The summed E-state index contributed by atoms with van der Waals surface area (Å²) in [6.07, 6.45) is -47.6. The largest absolute Gasteiger partial charge is 0.431 e. The zero-order chi connectivity index (χ0) is 31.0. The first kappa shape index (κ1) is 36.3. The molecule has 228 valence electrons. The van der Waals surface area contributed by atoms with Gasteiger partial charge in [0.15, 0.2) is 0 Å². The second kappa shape index (κ2) is 11.1. The molecule has 0 saturated carbocycles. The zero-order valence-corrected chi connectivity index (χ0v) is 18.1. The Morgan fingerprint density at radius 3 is 1.16 bits per heavy atom. The Hall–Kier alpha value is -1.66. The van der Waals surface area contributed by atoms with Gasteiger partial charge >= 0.3 is 36.6 Å². The molecule has 0 radical (unpaired) electrons.